The van der Waals surface area contributed by atoms with E-state index in [1.807, 2.05) is 24.3 Å². The van der Waals surface area contributed by atoms with Crippen LogP contribution in [0.2, 0.25) is 0 Å². The Labute approximate surface area is 143 Å². The second kappa shape index (κ2) is 9.62. The highest BCUT2D eigenvalue weighted by molar-refractivity contribution is 5.50. The Bertz CT molecular complexity index is 620. The van der Waals surface area contributed by atoms with E-state index in [1.54, 1.807) is 33.7 Å². The third-order valence-corrected chi connectivity index (χ3v) is 3.64. The van der Waals surface area contributed by atoms with Gasteiger partial charge in [0.05, 0.1) is 21.3 Å². The van der Waals surface area contributed by atoms with Gasteiger partial charge in [0.25, 0.3) is 0 Å². The molecule has 6 heteroatoms. The largest absolute Gasteiger partial charge is 0.496 e. The van der Waals surface area contributed by atoms with Gasteiger partial charge in [-0.05, 0) is 31.2 Å². The average molecular weight is 331 g/mol. The molecule has 0 fully saturated rings. The number of nitrogens with zero attached hydrogens (tertiary/aromatic N) is 1. The lowest BCUT2D eigenvalue weighted by molar-refractivity contribution is 0.347. The lowest BCUT2D eigenvalue weighted by atomic mass is 10.1. The van der Waals surface area contributed by atoms with Crippen LogP contribution in [0.4, 0.5) is 5.69 Å². The van der Waals surface area contributed by atoms with E-state index in [1.165, 1.54) is 0 Å². The number of hydrogen-bond donors (Lipinski definition) is 2. The fourth-order valence-corrected chi connectivity index (χ4v) is 2.37. The Morgan fingerprint density at radius 2 is 1.54 bits per heavy atom. The smallest absolute Gasteiger partial charge is 0.164 e. The van der Waals surface area contributed by atoms with Crippen LogP contribution >= 0.6 is 0 Å². The molecule has 0 aliphatic carbocycles. The van der Waals surface area contributed by atoms with Gasteiger partial charge in [0.1, 0.15) is 5.75 Å². The molecule has 0 spiro atoms. The highest BCUT2D eigenvalue weighted by Gasteiger charge is 2.11. The number of pyridine rings is 1. The van der Waals surface area contributed by atoms with E-state index in [4.69, 9.17) is 14.2 Å². The van der Waals surface area contributed by atoms with Crippen LogP contribution in [-0.2, 0) is 6.54 Å². The van der Waals surface area contributed by atoms with Crippen molar-refractivity contribution < 1.29 is 14.2 Å². The number of rotatable bonds is 10. The Hall–Kier alpha value is -2.47. The fraction of sp³-hybridized carbons (Fsp3) is 0.389. The number of methoxy groups -OCH3 is 3. The Balaban J connectivity index is 1.79. The topological polar surface area (TPSA) is 64.6 Å². The number of ether oxygens (including phenoxy) is 3. The zero-order valence-corrected chi connectivity index (χ0v) is 14.5. The molecule has 1 aromatic heterocycles. The van der Waals surface area contributed by atoms with Crippen molar-refractivity contribution >= 4 is 5.69 Å². The van der Waals surface area contributed by atoms with Crippen molar-refractivity contribution in [1.82, 2.24) is 10.3 Å². The molecular weight excluding hydrogens is 306 g/mol. The van der Waals surface area contributed by atoms with Crippen LogP contribution in [0.1, 0.15) is 12.0 Å². The van der Waals surface area contributed by atoms with Crippen molar-refractivity contribution in [3.05, 3.63) is 42.2 Å². The second-order valence-corrected chi connectivity index (χ2v) is 5.21. The van der Waals surface area contributed by atoms with Gasteiger partial charge < -0.3 is 24.8 Å². The van der Waals surface area contributed by atoms with Gasteiger partial charge in [-0.2, -0.15) is 0 Å². The summed E-state index contributed by atoms with van der Waals surface area (Å²) in [4.78, 5) is 4.00. The van der Waals surface area contributed by atoms with E-state index in [-0.39, 0.29) is 0 Å². The van der Waals surface area contributed by atoms with Crippen LogP contribution in [-0.4, -0.2) is 39.4 Å². The first-order valence-electron chi connectivity index (χ1n) is 7.92. The van der Waals surface area contributed by atoms with E-state index in [0.717, 1.165) is 36.5 Å². The molecule has 0 saturated carbocycles. The van der Waals surface area contributed by atoms with Crippen LogP contribution in [0.3, 0.4) is 0 Å². The van der Waals surface area contributed by atoms with Crippen molar-refractivity contribution in [2.45, 2.75) is 13.0 Å². The monoisotopic (exact) mass is 331 g/mol. The molecular formula is C18H25N3O3. The standard InChI is InChI=1S/C18H25N3O3/c1-22-16-12-18(24-3)17(23-2)11-14(16)13-20-7-4-8-21-15-5-9-19-10-6-15/h5-6,9-12,20H,4,7-8,13H2,1-3H3,(H,19,21). The summed E-state index contributed by atoms with van der Waals surface area (Å²) in [7, 11) is 4.90. The first-order valence-corrected chi connectivity index (χ1v) is 7.92. The first-order chi connectivity index (χ1) is 11.8. The van der Waals surface area contributed by atoms with Crippen molar-refractivity contribution in [1.29, 1.82) is 0 Å². The molecule has 2 rings (SSSR count). The van der Waals surface area contributed by atoms with E-state index >= 15 is 0 Å². The maximum absolute atomic E-state index is 5.43. The molecule has 0 atom stereocenters. The minimum absolute atomic E-state index is 0.666. The summed E-state index contributed by atoms with van der Waals surface area (Å²) >= 11 is 0. The molecule has 2 N–H and O–H groups in total. The van der Waals surface area contributed by atoms with Gasteiger partial charge in [0.2, 0.25) is 0 Å². The number of hydrogen-bond acceptors (Lipinski definition) is 6. The van der Waals surface area contributed by atoms with Crippen LogP contribution in [0.15, 0.2) is 36.7 Å². The zero-order chi connectivity index (χ0) is 17.2. The predicted molar refractivity (Wildman–Crippen MR) is 95.1 cm³/mol. The van der Waals surface area contributed by atoms with Gasteiger partial charge >= 0.3 is 0 Å². The van der Waals surface area contributed by atoms with Crippen molar-refractivity contribution in [2.24, 2.45) is 0 Å². The van der Waals surface area contributed by atoms with Crippen molar-refractivity contribution in [3.8, 4) is 17.2 Å². The number of nitrogens with one attached hydrogen (secondary N) is 2. The molecule has 0 bridgehead atoms. The van der Waals surface area contributed by atoms with E-state index in [0.29, 0.717) is 18.0 Å². The molecule has 0 amide bonds. The summed E-state index contributed by atoms with van der Waals surface area (Å²) < 4.78 is 16.1. The third kappa shape index (κ3) is 5.03. The van der Waals surface area contributed by atoms with Crippen LogP contribution < -0.4 is 24.8 Å². The number of aromatic nitrogens is 1. The second-order valence-electron chi connectivity index (χ2n) is 5.21. The highest BCUT2D eigenvalue weighted by atomic mass is 16.5. The molecule has 1 aromatic carbocycles. The predicted octanol–water partition coefficient (Wildman–Crippen LogP) is 2.70. The van der Waals surface area contributed by atoms with Crippen molar-refractivity contribution in [3.63, 3.8) is 0 Å². The van der Waals surface area contributed by atoms with Gasteiger partial charge in [0.15, 0.2) is 11.5 Å². The Kier molecular flexibility index (Phi) is 7.17. The molecule has 0 saturated heterocycles. The summed E-state index contributed by atoms with van der Waals surface area (Å²) in [6, 6.07) is 7.71. The number of benzene rings is 1. The van der Waals surface area contributed by atoms with Gasteiger partial charge in [-0.1, -0.05) is 0 Å². The van der Waals surface area contributed by atoms with Gasteiger partial charge in [0, 0.05) is 42.8 Å². The minimum atomic E-state index is 0.666. The van der Waals surface area contributed by atoms with Crippen LogP contribution in [0, 0.1) is 0 Å². The lowest BCUT2D eigenvalue weighted by Gasteiger charge is -2.14. The van der Waals surface area contributed by atoms with Gasteiger partial charge in [-0.25, -0.2) is 0 Å². The molecule has 130 valence electrons. The van der Waals surface area contributed by atoms with E-state index < -0.39 is 0 Å². The average Bonchev–Trinajstić information content (AvgIpc) is 2.64. The molecule has 1 heterocycles. The van der Waals surface area contributed by atoms with Gasteiger partial charge in [-0.15, -0.1) is 0 Å². The minimum Gasteiger partial charge on any atom is -0.496 e. The molecule has 24 heavy (non-hydrogen) atoms. The Morgan fingerprint density at radius 1 is 0.875 bits per heavy atom. The van der Waals surface area contributed by atoms with E-state index in [9.17, 15) is 0 Å². The molecule has 0 unspecified atom stereocenters. The normalized spacial score (nSPS) is 10.3. The molecule has 6 nitrogen and oxygen atoms in total. The van der Waals surface area contributed by atoms with Gasteiger partial charge in [-0.3, -0.25) is 4.98 Å². The fourth-order valence-electron chi connectivity index (χ4n) is 2.37. The van der Waals surface area contributed by atoms with E-state index in [2.05, 4.69) is 15.6 Å². The first kappa shape index (κ1) is 17.9. The quantitative estimate of drug-likeness (QED) is 0.653. The molecule has 0 radical (unpaired) electrons. The van der Waals surface area contributed by atoms with Crippen molar-refractivity contribution in [2.75, 3.05) is 39.7 Å². The maximum Gasteiger partial charge on any atom is 0.164 e. The lowest BCUT2D eigenvalue weighted by Crippen LogP contribution is -2.18. The maximum atomic E-state index is 5.43. The molecule has 0 aliphatic rings. The number of anilines is 1. The summed E-state index contributed by atoms with van der Waals surface area (Å²) in [5.74, 6) is 2.16. The SMILES string of the molecule is COc1cc(OC)c(OC)cc1CNCCCNc1ccncc1. The molecule has 2 aromatic rings. The zero-order valence-electron chi connectivity index (χ0n) is 14.5. The molecule has 0 aliphatic heterocycles. The highest BCUT2D eigenvalue weighted by Crippen LogP contribution is 2.34. The summed E-state index contributed by atoms with van der Waals surface area (Å²) in [6.07, 6.45) is 4.58. The summed E-state index contributed by atoms with van der Waals surface area (Å²) in [5.41, 5.74) is 2.13. The summed E-state index contributed by atoms with van der Waals surface area (Å²) in [5, 5.41) is 6.78. The van der Waals surface area contributed by atoms with Crippen LogP contribution in [0.5, 0.6) is 17.2 Å². The van der Waals surface area contributed by atoms with Crippen LogP contribution in [0.25, 0.3) is 0 Å². The summed E-state index contributed by atoms with van der Waals surface area (Å²) in [6.45, 7) is 2.51. The Morgan fingerprint density at radius 3 is 2.21 bits per heavy atom. The third-order valence-electron chi connectivity index (χ3n) is 3.64.